The average molecular weight is 290 g/mol. The first-order valence-corrected chi connectivity index (χ1v) is 8.31. The molecule has 1 nitrogen and oxygen atoms in total. The van der Waals surface area contributed by atoms with Gasteiger partial charge in [-0.15, -0.1) is 0 Å². The summed E-state index contributed by atoms with van der Waals surface area (Å²) in [5.41, 5.74) is 3.03. The fourth-order valence-electron chi connectivity index (χ4n) is 3.73. The minimum Gasteiger partial charge on any atom is -0.257 e. The Kier molecular flexibility index (Phi) is 5.29. The highest BCUT2D eigenvalue weighted by Crippen LogP contribution is 2.37. The second kappa shape index (κ2) is 6.10. The zero-order valence-corrected chi connectivity index (χ0v) is 15.7. The molecule has 120 valence electrons. The molecule has 0 bridgehead atoms. The number of rotatable bonds is 5. The summed E-state index contributed by atoms with van der Waals surface area (Å²) in [6.07, 6.45) is 2.31. The van der Waals surface area contributed by atoms with E-state index in [2.05, 4.69) is 80.5 Å². The molecular formula is C20H35N. The molecule has 1 heteroatoms. The van der Waals surface area contributed by atoms with Gasteiger partial charge in [-0.3, -0.25) is 4.98 Å². The van der Waals surface area contributed by atoms with E-state index in [0.29, 0.717) is 11.3 Å². The highest BCUT2D eigenvalue weighted by atomic mass is 14.8. The molecule has 0 spiro atoms. The van der Waals surface area contributed by atoms with Gasteiger partial charge in [0.15, 0.2) is 0 Å². The van der Waals surface area contributed by atoms with Crippen LogP contribution < -0.4 is 0 Å². The van der Waals surface area contributed by atoms with Crippen LogP contribution in [-0.2, 0) is 10.8 Å². The largest absolute Gasteiger partial charge is 0.257 e. The third kappa shape index (κ3) is 5.45. The summed E-state index contributed by atoms with van der Waals surface area (Å²) in [6.45, 7) is 20.8. The molecule has 0 atom stereocenters. The van der Waals surface area contributed by atoms with Crippen LogP contribution in [0.3, 0.4) is 0 Å². The Hall–Kier alpha value is -0.850. The van der Waals surface area contributed by atoms with Gasteiger partial charge in [0.2, 0.25) is 0 Å². The molecule has 1 aromatic heterocycles. The fraction of sp³-hybridized carbons (Fsp3) is 0.750. The first-order valence-electron chi connectivity index (χ1n) is 8.31. The lowest BCUT2D eigenvalue weighted by molar-refractivity contribution is 0.278. The topological polar surface area (TPSA) is 12.9 Å². The van der Waals surface area contributed by atoms with Gasteiger partial charge in [0, 0.05) is 22.2 Å². The Balaban J connectivity index is 3.11. The predicted molar refractivity (Wildman–Crippen MR) is 93.8 cm³/mol. The third-order valence-electron chi connectivity index (χ3n) is 4.03. The predicted octanol–water partition coefficient (Wildman–Crippen LogP) is 6.12. The second-order valence-corrected chi connectivity index (χ2v) is 9.51. The van der Waals surface area contributed by atoms with E-state index in [4.69, 9.17) is 4.98 Å². The van der Waals surface area contributed by atoms with Crippen molar-refractivity contribution in [2.45, 2.75) is 86.0 Å². The molecule has 0 aliphatic carbocycles. The Morgan fingerprint density at radius 2 is 1.33 bits per heavy atom. The molecule has 21 heavy (non-hydrogen) atoms. The van der Waals surface area contributed by atoms with Gasteiger partial charge in [0.05, 0.1) is 0 Å². The van der Waals surface area contributed by atoms with Crippen molar-refractivity contribution in [2.75, 3.05) is 0 Å². The standard InChI is InChI=1S/C20H35N/c1-15(2)13-19(6,7)16-11-10-12-17(21-16)20(8,9)14-18(3,4)5/h10-12,15H,13-14H2,1-9H3. The van der Waals surface area contributed by atoms with E-state index in [9.17, 15) is 0 Å². The van der Waals surface area contributed by atoms with Crippen LogP contribution in [0.2, 0.25) is 0 Å². The molecule has 0 aliphatic rings. The van der Waals surface area contributed by atoms with Crippen molar-refractivity contribution in [1.82, 2.24) is 4.98 Å². The average Bonchev–Trinajstić information content (AvgIpc) is 2.24. The number of hydrogen-bond donors (Lipinski definition) is 0. The molecule has 1 aromatic rings. The lowest BCUT2D eigenvalue weighted by Gasteiger charge is -2.33. The Morgan fingerprint density at radius 1 is 0.857 bits per heavy atom. The number of pyridine rings is 1. The zero-order chi connectivity index (χ0) is 16.5. The fourth-order valence-corrected chi connectivity index (χ4v) is 3.73. The summed E-state index contributed by atoms with van der Waals surface area (Å²) in [4.78, 5) is 5.05. The molecule has 1 rings (SSSR count). The van der Waals surface area contributed by atoms with Crippen molar-refractivity contribution >= 4 is 0 Å². The minimum absolute atomic E-state index is 0.113. The van der Waals surface area contributed by atoms with Gasteiger partial charge in [-0.2, -0.15) is 0 Å². The summed E-state index contributed by atoms with van der Waals surface area (Å²) < 4.78 is 0. The molecule has 0 fully saturated rings. The summed E-state index contributed by atoms with van der Waals surface area (Å²) >= 11 is 0. The zero-order valence-electron chi connectivity index (χ0n) is 15.7. The van der Waals surface area contributed by atoms with Crippen molar-refractivity contribution in [3.8, 4) is 0 Å². The lowest BCUT2D eigenvalue weighted by Crippen LogP contribution is -2.28. The quantitative estimate of drug-likeness (QED) is 0.636. The van der Waals surface area contributed by atoms with E-state index in [1.165, 1.54) is 17.8 Å². The molecular weight excluding hydrogens is 254 g/mol. The number of hydrogen-bond acceptors (Lipinski definition) is 1. The van der Waals surface area contributed by atoms with E-state index in [-0.39, 0.29) is 10.8 Å². The van der Waals surface area contributed by atoms with Gasteiger partial charge < -0.3 is 0 Å². The Bertz CT molecular complexity index is 461. The molecule has 0 saturated carbocycles. The van der Waals surface area contributed by atoms with Crippen molar-refractivity contribution < 1.29 is 0 Å². The van der Waals surface area contributed by atoms with Gasteiger partial charge >= 0.3 is 0 Å². The van der Waals surface area contributed by atoms with Crippen molar-refractivity contribution in [2.24, 2.45) is 11.3 Å². The Labute approximate surface area is 132 Å². The molecule has 0 N–H and O–H groups in total. The molecule has 0 saturated heterocycles. The second-order valence-electron chi connectivity index (χ2n) is 9.51. The van der Waals surface area contributed by atoms with E-state index >= 15 is 0 Å². The molecule has 1 heterocycles. The Morgan fingerprint density at radius 3 is 1.76 bits per heavy atom. The van der Waals surface area contributed by atoms with Crippen LogP contribution in [0.15, 0.2) is 18.2 Å². The lowest BCUT2D eigenvalue weighted by atomic mass is 9.73. The van der Waals surface area contributed by atoms with Crippen molar-refractivity contribution in [3.63, 3.8) is 0 Å². The highest BCUT2D eigenvalue weighted by molar-refractivity contribution is 5.23. The normalized spacial score (nSPS) is 13.8. The summed E-state index contributed by atoms with van der Waals surface area (Å²) in [7, 11) is 0. The molecule has 0 amide bonds. The van der Waals surface area contributed by atoms with Crippen LogP contribution >= 0.6 is 0 Å². The minimum atomic E-state index is 0.113. The molecule has 0 unspecified atom stereocenters. The highest BCUT2D eigenvalue weighted by Gasteiger charge is 2.30. The molecule has 0 radical (unpaired) electrons. The first kappa shape index (κ1) is 18.2. The number of aromatic nitrogens is 1. The van der Waals surface area contributed by atoms with E-state index in [1.54, 1.807) is 0 Å². The van der Waals surface area contributed by atoms with Gasteiger partial charge in [0.25, 0.3) is 0 Å². The van der Waals surface area contributed by atoms with Crippen LogP contribution in [0.25, 0.3) is 0 Å². The molecule has 0 aromatic carbocycles. The molecule has 0 aliphatic heterocycles. The van der Waals surface area contributed by atoms with Gasteiger partial charge in [-0.05, 0) is 36.3 Å². The van der Waals surface area contributed by atoms with Crippen LogP contribution in [-0.4, -0.2) is 4.98 Å². The first-order chi connectivity index (χ1) is 9.33. The van der Waals surface area contributed by atoms with Crippen LogP contribution in [0.5, 0.6) is 0 Å². The smallest absolute Gasteiger partial charge is 0.0463 e. The maximum atomic E-state index is 5.05. The van der Waals surface area contributed by atoms with Gasteiger partial charge in [-0.25, -0.2) is 0 Å². The maximum absolute atomic E-state index is 5.05. The van der Waals surface area contributed by atoms with Gasteiger partial charge in [0.1, 0.15) is 0 Å². The van der Waals surface area contributed by atoms with Crippen molar-refractivity contribution in [3.05, 3.63) is 29.6 Å². The van der Waals surface area contributed by atoms with Gasteiger partial charge in [-0.1, -0.05) is 68.4 Å². The van der Waals surface area contributed by atoms with E-state index in [0.717, 1.165) is 6.42 Å². The monoisotopic (exact) mass is 289 g/mol. The van der Waals surface area contributed by atoms with Crippen LogP contribution in [0.1, 0.15) is 86.5 Å². The summed E-state index contributed by atoms with van der Waals surface area (Å²) in [6, 6.07) is 6.57. The van der Waals surface area contributed by atoms with E-state index < -0.39 is 0 Å². The summed E-state index contributed by atoms with van der Waals surface area (Å²) in [5, 5.41) is 0. The SMILES string of the molecule is CC(C)CC(C)(C)c1cccc(C(C)(C)CC(C)(C)C)n1. The summed E-state index contributed by atoms with van der Waals surface area (Å²) in [5.74, 6) is 0.688. The maximum Gasteiger partial charge on any atom is 0.0463 e. The van der Waals surface area contributed by atoms with Crippen LogP contribution in [0.4, 0.5) is 0 Å². The third-order valence-corrected chi connectivity index (χ3v) is 4.03. The van der Waals surface area contributed by atoms with Crippen LogP contribution in [0, 0.1) is 11.3 Å². The van der Waals surface area contributed by atoms with Crippen molar-refractivity contribution in [1.29, 1.82) is 0 Å². The van der Waals surface area contributed by atoms with E-state index in [1.807, 2.05) is 0 Å². The number of nitrogens with zero attached hydrogens (tertiary/aromatic N) is 1.